The van der Waals surface area contributed by atoms with Gasteiger partial charge in [0.05, 0.1) is 18.1 Å². The number of aromatic nitrogens is 4. The van der Waals surface area contributed by atoms with Crippen molar-refractivity contribution in [2.75, 3.05) is 7.11 Å². The van der Waals surface area contributed by atoms with Crippen LogP contribution in [0.15, 0.2) is 51.8 Å². The average molecular weight is 432 g/mol. The van der Waals surface area contributed by atoms with Gasteiger partial charge in [0.25, 0.3) is 11.4 Å². The molecule has 0 spiro atoms. The summed E-state index contributed by atoms with van der Waals surface area (Å²) in [6, 6.07) is 13.3. The van der Waals surface area contributed by atoms with E-state index in [1.54, 1.807) is 14.0 Å². The molecule has 1 saturated carbocycles. The predicted molar refractivity (Wildman–Crippen MR) is 119 cm³/mol. The minimum atomic E-state index is -0.00493. The van der Waals surface area contributed by atoms with Crippen molar-refractivity contribution < 1.29 is 14.0 Å². The molecule has 32 heavy (non-hydrogen) atoms. The van der Waals surface area contributed by atoms with Crippen LogP contribution < -0.4 is 15.0 Å². The second-order valence-corrected chi connectivity index (χ2v) is 7.99. The molecule has 2 heterocycles. The largest absolute Gasteiger partial charge is 0.497 e. The van der Waals surface area contributed by atoms with Crippen molar-refractivity contribution in [3.05, 3.63) is 64.4 Å². The quantitative estimate of drug-likeness (QED) is 0.444. The summed E-state index contributed by atoms with van der Waals surface area (Å²) < 4.78 is 18.1. The van der Waals surface area contributed by atoms with Crippen molar-refractivity contribution >= 4 is 11.0 Å². The summed E-state index contributed by atoms with van der Waals surface area (Å²) in [4.78, 5) is 21.8. The number of nitrogens with zero attached hydrogens (tertiary/aromatic N) is 4. The molecule has 0 aliphatic heterocycles. The fourth-order valence-corrected chi connectivity index (χ4v) is 4.24. The first-order chi connectivity index (χ1) is 15.6. The summed E-state index contributed by atoms with van der Waals surface area (Å²) in [6.45, 7) is 1.92. The topological polar surface area (TPSA) is 92.3 Å². The van der Waals surface area contributed by atoms with Crippen LogP contribution in [0, 0.1) is 6.92 Å². The fraction of sp³-hybridized carbons (Fsp3) is 0.333. The molecule has 0 amide bonds. The summed E-state index contributed by atoms with van der Waals surface area (Å²) in [6.07, 6.45) is 4.37. The Morgan fingerprint density at radius 2 is 1.81 bits per heavy atom. The van der Waals surface area contributed by atoms with Gasteiger partial charge < -0.3 is 18.6 Å². The highest BCUT2D eigenvalue weighted by Gasteiger charge is 2.22. The fourth-order valence-electron chi connectivity index (χ4n) is 4.24. The minimum Gasteiger partial charge on any atom is -0.497 e. The Bertz CT molecular complexity index is 1300. The molecular formula is C24H24N4O4. The highest BCUT2D eigenvalue weighted by molar-refractivity contribution is 5.80. The maximum absolute atomic E-state index is 12.8. The summed E-state index contributed by atoms with van der Waals surface area (Å²) in [7, 11) is 1.62. The number of methoxy groups -OCH3 is 1. The Morgan fingerprint density at radius 1 is 1.06 bits per heavy atom. The Morgan fingerprint density at radius 3 is 2.56 bits per heavy atom. The minimum absolute atomic E-state index is 0.00493. The van der Waals surface area contributed by atoms with Gasteiger partial charge >= 0.3 is 0 Å². The summed E-state index contributed by atoms with van der Waals surface area (Å²) in [5.74, 6) is 2.27. The number of ether oxygens (including phenoxy) is 2. The van der Waals surface area contributed by atoms with E-state index in [2.05, 4.69) is 15.1 Å². The van der Waals surface area contributed by atoms with Crippen LogP contribution in [0.1, 0.15) is 43.3 Å². The second kappa shape index (κ2) is 8.45. The van der Waals surface area contributed by atoms with Crippen molar-refractivity contribution in [1.82, 2.24) is 19.7 Å². The van der Waals surface area contributed by atoms with Gasteiger partial charge in [-0.25, -0.2) is 4.98 Å². The lowest BCUT2D eigenvalue weighted by Crippen LogP contribution is -2.26. The maximum atomic E-state index is 12.8. The number of hydrogen-bond donors (Lipinski definition) is 0. The summed E-state index contributed by atoms with van der Waals surface area (Å²) >= 11 is 0. The number of benzene rings is 2. The van der Waals surface area contributed by atoms with E-state index in [9.17, 15) is 4.79 Å². The molecule has 5 rings (SSSR count). The molecule has 164 valence electrons. The monoisotopic (exact) mass is 432 g/mol. The van der Waals surface area contributed by atoms with E-state index in [1.807, 2.05) is 47.0 Å². The van der Waals surface area contributed by atoms with E-state index in [4.69, 9.17) is 14.0 Å². The molecule has 8 nitrogen and oxygen atoms in total. The molecule has 1 aliphatic rings. The van der Waals surface area contributed by atoms with Gasteiger partial charge in [0.15, 0.2) is 6.61 Å². The smallest absolute Gasteiger partial charge is 0.272 e. The Hall–Kier alpha value is -3.68. The van der Waals surface area contributed by atoms with Crippen LogP contribution in [0.5, 0.6) is 11.5 Å². The van der Waals surface area contributed by atoms with E-state index in [0.29, 0.717) is 23.2 Å². The number of fused-ring (bicyclic) bond motifs is 1. The van der Waals surface area contributed by atoms with Gasteiger partial charge in [0.2, 0.25) is 5.82 Å². The van der Waals surface area contributed by atoms with Crippen LogP contribution in [-0.4, -0.2) is 26.8 Å². The van der Waals surface area contributed by atoms with E-state index in [0.717, 1.165) is 48.0 Å². The molecule has 2 aromatic heterocycles. The van der Waals surface area contributed by atoms with Crippen molar-refractivity contribution in [2.45, 2.75) is 45.3 Å². The zero-order chi connectivity index (χ0) is 22.1. The first kappa shape index (κ1) is 20.2. The zero-order valence-corrected chi connectivity index (χ0v) is 18.1. The maximum Gasteiger partial charge on any atom is 0.272 e. The number of hydrogen-bond acceptors (Lipinski definition) is 7. The molecule has 1 aliphatic carbocycles. The van der Waals surface area contributed by atoms with E-state index < -0.39 is 0 Å². The number of aryl methyl sites for hydroxylation is 1. The summed E-state index contributed by atoms with van der Waals surface area (Å²) in [5.41, 5.74) is 2.88. The molecule has 0 bridgehead atoms. The van der Waals surface area contributed by atoms with Gasteiger partial charge in [0, 0.05) is 11.6 Å². The third-order valence-electron chi connectivity index (χ3n) is 5.89. The molecule has 8 heteroatoms. The SMILES string of the molecule is COc1ccc(OCc2nc(-c3ccc4c(c3)nc(C)c(=O)n4C3CCCC3)no2)cc1. The zero-order valence-electron chi connectivity index (χ0n) is 18.1. The van der Waals surface area contributed by atoms with Gasteiger partial charge in [0.1, 0.15) is 17.2 Å². The first-order valence-electron chi connectivity index (χ1n) is 10.7. The molecular weight excluding hydrogens is 408 g/mol. The third-order valence-corrected chi connectivity index (χ3v) is 5.89. The standard InChI is InChI=1S/C24H24N4O4/c1-15-24(29)28(17-5-3-4-6-17)21-12-7-16(13-20(21)25-15)23-26-22(32-27-23)14-31-19-10-8-18(30-2)9-11-19/h7-13,17H,3-6,14H2,1-2H3. The van der Waals surface area contributed by atoms with Crippen LogP contribution >= 0.6 is 0 Å². The van der Waals surface area contributed by atoms with Crippen molar-refractivity contribution in [2.24, 2.45) is 0 Å². The lowest BCUT2D eigenvalue weighted by molar-refractivity contribution is 0.242. The number of rotatable bonds is 6. The van der Waals surface area contributed by atoms with Crippen LogP contribution in [0.25, 0.3) is 22.4 Å². The van der Waals surface area contributed by atoms with Gasteiger partial charge in [-0.2, -0.15) is 4.98 Å². The highest BCUT2D eigenvalue weighted by atomic mass is 16.5. The van der Waals surface area contributed by atoms with E-state index in [1.165, 1.54) is 0 Å². The van der Waals surface area contributed by atoms with Crippen LogP contribution in [0.4, 0.5) is 0 Å². The van der Waals surface area contributed by atoms with Crippen LogP contribution in [0.2, 0.25) is 0 Å². The van der Waals surface area contributed by atoms with Gasteiger partial charge in [-0.3, -0.25) is 4.79 Å². The lowest BCUT2D eigenvalue weighted by Gasteiger charge is -2.17. The van der Waals surface area contributed by atoms with Crippen LogP contribution in [0.3, 0.4) is 0 Å². The molecule has 0 saturated heterocycles. The highest BCUT2D eigenvalue weighted by Crippen LogP contribution is 2.31. The molecule has 0 radical (unpaired) electrons. The second-order valence-electron chi connectivity index (χ2n) is 7.99. The average Bonchev–Trinajstić information content (AvgIpc) is 3.51. The first-order valence-corrected chi connectivity index (χ1v) is 10.7. The third kappa shape index (κ3) is 3.84. The molecule has 1 fully saturated rings. The Balaban J connectivity index is 1.39. The molecule has 0 N–H and O–H groups in total. The van der Waals surface area contributed by atoms with Crippen LogP contribution in [-0.2, 0) is 6.61 Å². The van der Waals surface area contributed by atoms with E-state index in [-0.39, 0.29) is 18.2 Å². The molecule has 4 aromatic rings. The van der Waals surface area contributed by atoms with Gasteiger partial charge in [-0.05, 0) is 62.2 Å². The summed E-state index contributed by atoms with van der Waals surface area (Å²) in [5, 5.41) is 4.09. The predicted octanol–water partition coefficient (Wildman–Crippen LogP) is 4.46. The van der Waals surface area contributed by atoms with Gasteiger partial charge in [-0.1, -0.05) is 18.0 Å². The van der Waals surface area contributed by atoms with Crippen molar-refractivity contribution in [1.29, 1.82) is 0 Å². The van der Waals surface area contributed by atoms with Crippen molar-refractivity contribution in [3.8, 4) is 22.9 Å². The lowest BCUT2D eigenvalue weighted by atomic mass is 10.1. The van der Waals surface area contributed by atoms with Gasteiger partial charge in [-0.15, -0.1) is 0 Å². The molecule has 0 unspecified atom stereocenters. The Labute approximate surface area is 184 Å². The normalized spacial score (nSPS) is 14.2. The van der Waals surface area contributed by atoms with Crippen molar-refractivity contribution in [3.63, 3.8) is 0 Å². The van der Waals surface area contributed by atoms with E-state index >= 15 is 0 Å². The molecule has 2 aromatic carbocycles. The molecule has 0 atom stereocenters. The Kier molecular flexibility index (Phi) is 5.34.